The minimum Gasteiger partial charge on any atom is -0.455 e. The van der Waals surface area contributed by atoms with Gasteiger partial charge in [0.1, 0.15) is 5.76 Å². The monoisotopic (exact) mass is 446 g/mol. The van der Waals surface area contributed by atoms with E-state index in [1.165, 1.54) is 24.3 Å². The van der Waals surface area contributed by atoms with E-state index >= 15 is 0 Å². The molecule has 0 saturated carbocycles. The maximum Gasteiger partial charge on any atom is 0.291 e. The number of carbonyl (C=O) groups is 2. The lowest BCUT2D eigenvalue weighted by atomic mass is 9.93. The van der Waals surface area contributed by atoms with Crippen LogP contribution < -0.4 is 10.7 Å². The number of hydrazone groups is 1. The summed E-state index contributed by atoms with van der Waals surface area (Å²) in [7, 11) is 0. The Labute approximate surface area is 189 Å². The van der Waals surface area contributed by atoms with Gasteiger partial charge in [-0.05, 0) is 51.0 Å². The van der Waals surface area contributed by atoms with Gasteiger partial charge in [0.2, 0.25) is 0 Å². The van der Waals surface area contributed by atoms with Gasteiger partial charge >= 0.3 is 0 Å². The van der Waals surface area contributed by atoms with Crippen molar-refractivity contribution < 1.29 is 18.9 Å². The molecule has 4 rings (SSSR count). The summed E-state index contributed by atoms with van der Waals surface area (Å²) in [6.07, 6.45) is 2.06. The highest BCUT2D eigenvalue weighted by molar-refractivity contribution is 6.09. The zero-order valence-corrected chi connectivity index (χ0v) is 18.2. The molecule has 0 bridgehead atoms. The maximum absolute atomic E-state index is 12.8. The lowest BCUT2D eigenvalue weighted by Gasteiger charge is -2.13. The SMILES string of the molecule is Cc1ccc(NC(=O)c2oc3c(c2C)/C(=N/NC(=O)c2ccc([N+](=O)[O-])cc2)CCC3)cc1. The summed E-state index contributed by atoms with van der Waals surface area (Å²) < 4.78 is 5.88. The number of rotatable bonds is 5. The van der Waals surface area contributed by atoms with Gasteiger partial charge in [-0.25, -0.2) is 5.43 Å². The van der Waals surface area contributed by atoms with Crippen molar-refractivity contribution >= 4 is 28.9 Å². The van der Waals surface area contributed by atoms with Crippen LogP contribution in [0.25, 0.3) is 0 Å². The predicted octanol–water partition coefficient (Wildman–Crippen LogP) is 4.53. The molecule has 2 aromatic carbocycles. The molecule has 2 amide bonds. The zero-order valence-electron chi connectivity index (χ0n) is 18.2. The van der Waals surface area contributed by atoms with Gasteiger partial charge in [0.05, 0.1) is 10.6 Å². The van der Waals surface area contributed by atoms with E-state index in [0.717, 1.165) is 17.5 Å². The fourth-order valence-electron chi connectivity index (χ4n) is 3.74. The van der Waals surface area contributed by atoms with Gasteiger partial charge < -0.3 is 9.73 Å². The van der Waals surface area contributed by atoms with Crippen molar-refractivity contribution in [1.82, 2.24) is 5.43 Å². The number of aryl methyl sites for hydroxylation is 2. The molecule has 0 radical (unpaired) electrons. The maximum atomic E-state index is 12.8. The summed E-state index contributed by atoms with van der Waals surface area (Å²) in [5, 5.41) is 17.9. The topological polar surface area (TPSA) is 127 Å². The third-order valence-electron chi connectivity index (χ3n) is 5.47. The van der Waals surface area contributed by atoms with Crippen LogP contribution in [0.2, 0.25) is 0 Å². The normalized spacial score (nSPS) is 13.9. The van der Waals surface area contributed by atoms with E-state index in [-0.39, 0.29) is 22.9 Å². The number of nitro benzene ring substituents is 1. The lowest BCUT2D eigenvalue weighted by molar-refractivity contribution is -0.384. The first-order valence-corrected chi connectivity index (χ1v) is 10.5. The van der Waals surface area contributed by atoms with Crippen LogP contribution in [0.5, 0.6) is 0 Å². The van der Waals surface area contributed by atoms with E-state index in [4.69, 9.17) is 4.42 Å². The lowest BCUT2D eigenvalue weighted by Crippen LogP contribution is -2.22. The van der Waals surface area contributed by atoms with Crippen molar-refractivity contribution in [1.29, 1.82) is 0 Å². The van der Waals surface area contributed by atoms with E-state index in [1.807, 2.05) is 31.2 Å². The summed E-state index contributed by atoms with van der Waals surface area (Å²) in [5.41, 5.74) is 6.45. The molecule has 1 aliphatic rings. The van der Waals surface area contributed by atoms with E-state index in [9.17, 15) is 19.7 Å². The summed E-state index contributed by atoms with van der Waals surface area (Å²) in [6, 6.07) is 12.7. The number of benzene rings is 2. The third kappa shape index (κ3) is 4.67. The second-order valence-corrected chi connectivity index (χ2v) is 7.83. The van der Waals surface area contributed by atoms with E-state index in [1.54, 1.807) is 6.92 Å². The molecule has 2 N–H and O–H groups in total. The van der Waals surface area contributed by atoms with Crippen LogP contribution in [0.1, 0.15) is 56.2 Å². The smallest absolute Gasteiger partial charge is 0.291 e. The molecule has 0 aliphatic heterocycles. The van der Waals surface area contributed by atoms with E-state index < -0.39 is 10.8 Å². The van der Waals surface area contributed by atoms with Crippen LogP contribution in [0.4, 0.5) is 11.4 Å². The Morgan fingerprint density at radius 2 is 1.70 bits per heavy atom. The summed E-state index contributed by atoms with van der Waals surface area (Å²) in [4.78, 5) is 35.5. The molecule has 9 heteroatoms. The number of nitrogens with one attached hydrogen (secondary N) is 2. The number of fused-ring (bicyclic) bond motifs is 1. The summed E-state index contributed by atoms with van der Waals surface area (Å²) in [5.74, 6) is 0.0519. The standard InChI is InChI=1S/C24H22N4O5/c1-14-6-10-17(11-7-14)25-24(30)22-15(2)21-19(4-3-5-20(21)33-22)26-27-23(29)16-8-12-18(13-9-16)28(31)32/h6-13H,3-5H2,1-2H3,(H,25,30)(H,27,29)/b26-19+. The van der Waals surface area contributed by atoms with Crippen LogP contribution >= 0.6 is 0 Å². The highest BCUT2D eigenvalue weighted by atomic mass is 16.6. The van der Waals surface area contributed by atoms with Gasteiger partial charge in [0, 0.05) is 40.9 Å². The van der Waals surface area contributed by atoms with Gasteiger partial charge in [-0.15, -0.1) is 0 Å². The first-order valence-electron chi connectivity index (χ1n) is 10.5. The molecule has 168 valence electrons. The van der Waals surface area contributed by atoms with Gasteiger partial charge in [-0.2, -0.15) is 5.10 Å². The van der Waals surface area contributed by atoms with Crippen molar-refractivity contribution in [2.24, 2.45) is 5.10 Å². The van der Waals surface area contributed by atoms with Crippen LogP contribution in [0.3, 0.4) is 0 Å². The average Bonchev–Trinajstić information content (AvgIpc) is 3.16. The first kappa shape index (κ1) is 21.9. The molecule has 1 heterocycles. The molecule has 1 aromatic heterocycles. The molecule has 0 spiro atoms. The number of nitro groups is 1. The second kappa shape index (κ2) is 9.07. The number of carbonyl (C=O) groups excluding carboxylic acids is 2. The average molecular weight is 446 g/mol. The molecule has 0 saturated heterocycles. The predicted molar refractivity (Wildman–Crippen MR) is 123 cm³/mol. The molecule has 33 heavy (non-hydrogen) atoms. The zero-order chi connectivity index (χ0) is 23.5. The van der Waals surface area contributed by atoms with Gasteiger partial charge in [-0.3, -0.25) is 19.7 Å². The Bertz CT molecular complexity index is 1260. The molecule has 3 aromatic rings. The minimum absolute atomic E-state index is 0.0970. The van der Waals surface area contributed by atoms with Gasteiger partial charge in [-0.1, -0.05) is 17.7 Å². The molecule has 1 aliphatic carbocycles. The molecule has 9 nitrogen and oxygen atoms in total. The Morgan fingerprint density at radius 1 is 1.00 bits per heavy atom. The number of nitrogens with zero attached hydrogens (tertiary/aromatic N) is 2. The molecular formula is C24H22N4O5. The number of hydrogen-bond acceptors (Lipinski definition) is 6. The van der Waals surface area contributed by atoms with Crippen LogP contribution in [0, 0.1) is 24.0 Å². The van der Waals surface area contributed by atoms with Crippen LogP contribution in [-0.2, 0) is 6.42 Å². The molecular weight excluding hydrogens is 424 g/mol. The van der Waals surface area contributed by atoms with Crippen molar-refractivity contribution in [2.75, 3.05) is 5.32 Å². The molecule has 0 unspecified atom stereocenters. The fraction of sp³-hybridized carbons (Fsp3) is 0.208. The number of anilines is 1. The van der Waals surface area contributed by atoms with E-state index in [0.29, 0.717) is 35.6 Å². The quantitative estimate of drug-likeness (QED) is 0.440. The summed E-state index contributed by atoms with van der Waals surface area (Å²) >= 11 is 0. The number of amides is 2. The number of non-ortho nitro benzene ring substituents is 1. The Kier molecular flexibility index (Phi) is 6.03. The molecule has 0 fully saturated rings. The summed E-state index contributed by atoms with van der Waals surface area (Å²) in [6.45, 7) is 3.77. The van der Waals surface area contributed by atoms with Gasteiger partial charge in [0.15, 0.2) is 5.76 Å². The fourth-order valence-corrected chi connectivity index (χ4v) is 3.74. The third-order valence-corrected chi connectivity index (χ3v) is 5.47. The Morgan fingerprint density at radius 3 is 2.36 bits per heavy atom. The highest BCUT2D eigenvalue weighted by Crippen LogP contribution is 2.30. The largest absolute Gasteiger partial charge is 0.455 e. The van der Waals surface area contributed by atoms with Crippen molar-refractivity contribution in [2.45, 2.75) is 33.1 Å². The van der Waals surface area contributed by atoms with Crippen molar-refractivity contribution in [3.8, 4) is 0 Å². The molecule has 0 atom stereocenters. The first-order chi connectivity index (χ1) is 15.8. The van der Waals surface area contributed by atoms with Crippen LogP contribution in [0.15, 0.2) is 58.0 Å². The van der Waals surface area contributed by atoms with Crippen LogP contribution in [-0.4, -0.2) is 22.4 Å². The van der Waals surface area contributed by atoms with E-state index in [2.05, 4.69) is 15.8 Å². The second-order valence-electron chi connectivity index (χ2n) is 7.83. The van der Waals surface area contributed by atoms with Gasteiger partial charge in [0.25, 0.3) is 17.5 Å². The number of furan rings is 1. The van der Waals surface area contributed by atoms with Crippen molar-refractivity contribution in [3.63, 3.8) is 0 Å². The highest BCUT2D eigenvalue weighted by Gasteiger charge is 2.28. The van der Waals surface area contributed by atoms with Crippen molar-refractivity contribution in [3.05, 3.63) is 92.4 Å². The number of hydrogen-bond donors (Lipinski definition) is 2. The minimum atomic E-state index is -0.528. The Balaban J connectivity index is 1.53. The Hall–Kier alpha value is -4.27.